The number of rotatable bonds is 9. The van der Waals surface area contributed by atoms with Gasteiger partial charge in [-0.1, -0.05) is 43.3 Å². The molecule has 0 aliphatic carbocycles. The Morgan fingerprint density at radius 3 is 2.54 bits per heavy atom. The van der Waals surface area contributed by atoms with E-state index >= 15 is 0 Å². The Hall–Kier alpha value is -4.09. The second kappa shape index (κ2) is 10.5. The highest BCUT2D eigenvalue weighted by atomic mass is 32.2. The predicted molar refractivity (Wildman–Crippen MR) is 130 cm³/mol. The number of amides is 1. The molecular weight excluding hydrogens is 468 g/mol. The topological polar surface area (TPSA) is 119 Å². The molecule has 3 aromatic carbocycles. The highest BCUT2D eigenvalue weighted by molar-refractivity contribution is 7.89. The highest BCUT2D eigenvalue weighted by Crippen LogP contribution is 2.29. The first-order valence-electron chi connectivity index (χ1n) is 10.8. The van der Waals surface area contributed by atoms with Crippen LogP contribution in [0.25, 0.3) is 5.69 Å². The lowest BCUT2D eigenvalue weighted by Gasteiger charge is -2.22. The molecule has 0 saturated carbocycles. The van der Waals surface area contributed by atoms with Crippen molar-refractivity contribution in [1.29, 1.82) is 0 Å². The van der Waals surface area contributed by atoms with Gasteiger partial charge in [0.05, 0.1) is 12.8 Å². The number of benzene rings is 3. The maximum Gasteiger partial charge on any atom is 0.255 e. The highest BCUT2D eigenvalue weighted by Gasteiger charge is 2.28. The van der Waals surface area contributed by atoms with Crippen molar-refractivity contribution in [2.24, 2.45) is 0 Å². The number of anilines is 1. The maximum atomic E-state index is 13.5. The zero-order valence-corrected chi connectivity index (χ0v) is 20.0. The molecule has 1 heterocycles. The maximum absolute atomic E-state index is 13.5. The van der Waals surface area contributed by atoms with Crippen LogP contribution in [0.1, 0.15) is 22.8 Å². The summed E-state index contributed by atoms with van der Waals surface area (Å²) in [5, 5.41) is 13.8. The van der Waals surface area contributed by atoms with Crippen molar-refractivity contribution in [2.45, 2.75) is 18.4 Å². The molecule has 11 heteroatoms. The summed E-state index contributed by atoms with van der Waals surface area (Å²) in [5.74, 6) is -0.308. The second-order valence-corrected chi connectivity index (χ2v) is 9.45. The molecule has 0 bridgehead atoms. The molecule has 0 aliphatic rings. The molecule has 0 radical (unpaired) electrons. The van der Waals surface area contributed by atoms with Gasteiger partial charge in [-0.3, -0.25) is 4.79 Å². The van der Waals surface area contributed by atoms with Crippen molar-refractivity contribution in [1.82, 2.24) is 24.5 Å². The molecule has 180 valence electrons. The molecule has 4 rings (SSSR count). The third kappa shape index (κ3) is 5.36. The molecule has 1 amide bonds. The Morgan fingerprint density at radius 1 is 1.06 bits per heavy atom. The van der Waals surface area contributed by atoms with Gasteiger partial charge in [0.15, 0.2) is 0 Å². The van der Waals surface area contributed by atoms with Crippen molar-refractivity contribution in [3.05, 3.63) is 90.3 Å². The van der Waals surface area contributed by atoms with Crippen LogP contribution in [-0.2, 0) is 16.6 Å². The molecule has 10 nitrogen and oxygen atoms in total. The fourth-order valence-electron chi connectivity index (χ4n) is 3.52. The molecule has 1 aromatic heterocycles. The van der Waals surface area contributed by atoms with Gasteiger partial charge in [-0.25, -0.2) is 13.1 Å². The summed E-state index contributed by atoms with van der Waals surface area (Å²) in [7, 11) is -2.56. The average molecular weight is 493 g/mol. The summed E-state index contributed by atoms with van der Waals surface area (Å²) in [6, 6.07) is 20.6. The number of methoxy groups -OCH3 is 1. The molecule has 0 unspecified atom stereocenters. The van der Waals surface area contributed by atoms with Crippen molar-refractivity contribution >= 4 is 21.6 Å². The molecule has 4 aromatic rings. The van der Waals surface area contributed by atoms with E-state index in [1.54, 1.807) is 31.2 Å². The van der Waals surface area contributed by atoms with E-state index in [9.17, 15) is 13.2 Å². The first-order valence-corrected chi connectivity index (χ1v) is 12.2. The number of nitrogens with one attached hydrogen (secondary N) is 1. The van der Waals surface area contributed by atoms with Crippen LogP contribution >= 0.6 is 0 Å². The molecule has 0 atom stereocenters. The molecular formula is C24H24N6O4S. The van der Waals surface area contributed by atoms with Gasteiger partial charge < -0.3 is 10.1 Å². The molecule has 0 fully saturated rings. The molecule has 1 N–H and O–H groups in total. The Balaban J connectivity index is 1.62. The largest absolute Gasteiger partial charge is 0.495 e. The van der Waals surface area contributed by atoms with Crippen LogP contribution in [-0.4, -0.2) is 52.5 Å². The van der Waals surface area contributed by atoms with Crippen molar-refractivity contribution < 1.29 is 17.9 Å². The van der Waals surface area contributed by atoms with E-state index in [1.807, 2.05) is 30.3 Å². The normalized spacial score (nSPS) is 11.4. The summed E-state index contributed by atoms with van der Waals surface area (Å²) in [4.78, 5) is 12.9. The first-order chi connectivity index (χ1) is 16.9. The van der Waals surface area contributed by atoms with Crippen molar-refractivity contribution in [3.63, 3.8) is 0 Å². The van der Waals surface area contributed by atoms with Gasteiger partial charge in [-0.05, 0) is 52.4 Å². The van der Waals surface area contributed by atoms with Crippen LogP contribution in [0.4, 0.5) is 5.69 Å². The minimum atomic E-state index is -3.95. The first kappa shape index (κ1) is 24.0. The van der Waals surface area contributed by atoms with E-state index in [-0.39, 0.29) is 29.3 Å². The molecule has 35 heavy (non-hydrogen) atoms. The Morgan fingerprint density at radius 2 is 1.86 bits per heavy atom. The number of sulfonamides is 1. The molecule has 0 saturated heterocycles. The lowest BCUT2D eigenvalue weighted by atomic mass is 10.2. The van der Waals surface area contributed by atoms with Crippen LogP contribution in [0.3, 0.4) is 0 Å². The summed E-state index contributed by atoms with van der Waals surface area (Å²) in [6.45, 7) is 2.21. The molecule has 0 aliphatic heterocycles. The fourth-order valence-corrected chi connectivity index (χ4v) is 5.14. The number of carbonyl (C=O) groups excluding carboxylic acids is 1. The Kier molecular flexibility index (Phi) is 7.18. The van der Waals surface area contributed by atoms with Gasteiger partial charge in [0.25, 0.3) is 5.91 Å². The van der Waals surface area contributed by atoms with Gasteiger partial charge in [0.2, 0.25) is 10.0 Å². The van der Waals surface area contributed by atoms with E-state index in [0.29, 0.717) is 11.4 Å². The number of hydrogen-bond acceptors (Lipinski definition) is 7. The number of carbonyl (C=O) groups is 1. The number of nitrogens with zero attached hydrogens (tertiary/aromatic N) is 5. The predicted octanol–water partition coefficient (Wildman–Crippen LogP) is 3.13. The SMILES string of the molecule is CCN(Cc1ccccc1)S(=O)(=O)c1cc(C(=O)Nc2cccc(-n3cnnn3)c2)ccc1OC. The van der Waals surface area contributed by atoms with E-state index in [4.69, 9.17) is 4.74 Å². The average Bonchev–Trinajstić information content (AvgIpc) is 3.43. The van der Waals surface area contributed by atoms with Gasteiger partial charge in [-0.15, -0.1) is 5.10 Å². The van der Waals surface area contributed by atoms with E-state index < -0.39 is 15.9 Å². The Labute approximate surface area is 203 Å². The second-order valence-electron chi connectivity index (χ2n) is 7.54. The van der Waals surface area contributed by atoms with Gasteiger partial charge in [0.1, 0.15) is 17.0 Å². The lowest BCUT2D eigenvalue weighted by molar-refractivity contribution is 0.102. The standard InChI is InChI=1S/C24H24N6O4S/c1-3-29(16-18-8-5-4-6-9-18)35(32,33)23-14-19(12-13-22(23)34-2)24(31)26-20-10-7-11-21(15-20)30-17-25-27-28-30/h4-15,17H,3,16H2,1-2H3,(H,26,31). The van der Waals surface area contributed by atoms with E-state index in [0.717, 1.165) is 5.56 Å². The third-order valence-electron chi connectivity index (χ3n) is 5.32. The quantitative estimate of drug-likeness (QED) is 0.381. The zero-order valence-electron chi connectivity index (χ0n) is 19.2. The van der Waals surface area contributed by atoms with Crippen LogP contribution in [0, 0.1) is 0 Å². The van der Waals surface area contributed by atoms with E-state index in [1.165, 1.54) is 40.6 Å². The smallest absolute Gasteiger partial charge is 0.255 e. The summed E-state index contributed by atoms with van der Waals surface area (Å²) < 4.78 is 35.2. The van der Waals surface area contributed by atoms with Crippen LogP contribution in [0.15, 0.2) is 84.0 Å². The number of hydrogen-bond donors (Lipinski definition) is 1. The fraction of sp³-hybridized carbons (Fsp3) is 0.167. The number of aromatic nitrogens is 4. The minimum Gasteiger partial charge on any atom is -0.495 e. The summed E-state index contributed by atoms with van der Waals surface area (Å²) in [5.41, 5.74) is 2.19. The Bertz CT molecular complexity index is 1410. The van der Waals surface area contributed by atoms with Crippen LogP contribution in [0.5, 0.6) is 5.75 Å². The van der Waals surface area contributed by atoms with Crippen molar-refractivity contribution in [2.75, 3.05) is 19.0 Å². The van der Waals surface area contributed by atoms with E-state index in [2.05, 4.69) is 20.8 Å². The molecule has 0 spiro atoms. The zero-order chi connectivity index (χ0) is 24.8. The van der Waals surface area contributed by atoms with Crippen LogP contribution in [0.2, 0.25) is 0 Å². The van der Waals surface area contributed by atoms with Crippen molar-refractivity contribution in [3.8, 4) is 11.4 Å². The number of ether oxygens (including phenoxy) is 1. The number of tetrazole rings is 1. The van der Waals surface area contributed by atoms with Gasteiger partial charge >= 0.3 is 0 Å². The summed E-state index contributed by atoms with van der Waals surface area (Å²) in [6.07, 6.45) is 1.44. The van der Waals surface area contributed by atoms with Gasteiger partial charge in [0, 0.05) is 24.3 Å². The third-order valence-corrected chi connectivity index (χ3v) is 7.26. The van der Waals surface area contributed by atoms with Gasteiger partial charge in [-0.2, -0.15) is 4.31 Å². The minimum absolute atomic E-state index is 0.0760. The lowest BCUT2D eigenvalue weighted by Crippen LogP contribution is -2.31. The monoisotopic (exact) mass is 492 g/mol. The summed E-state index contributed by atoms with van der Waals surface area (Å²) >= 11 is 0. The van der Waals surface area contributed by atoms with Crippen LogP contribution < -0.4 is 10.1 Å².